The van der Waals surface area contributed by atoms with Crippen molar-refractivity contribution in [2.75, 3.05) is 11.9 Å². The van der Waals surface area contributed by atoms with Crippen LogP contribution >= 0.6 is 11.6 Å². The highest BCUT2D eigenvalue weighted by molar-refractivity contribution is 6.31. The molecule has 2 aromatic carbocycles. The van der Waals surface area contributed by atoms with Crippen molar-refractivity contribution in [3.05, 3.63) is 59.1 Å². The zero-order valence-electron chi connectivity index (χ0n) is 15.4. The summed E-state index contributed by atoms with van der Waals surface area (Å²) in [5.41, 5.74) is 1.44. The summed E-state index contributed by atoms with van der Waals surface area (Å²) in [6, 6.07) is 13.3. The van der Waals surface area contributed by atoms with Crippen molar-refractivity contribution in [3.63, 3.8) is 0 Å². The minimum atomic E-state index is -0.734. The number of amides is 2. The number of hydrogen-bond donors (Lipinski definition) is 2. The van der Waals surface area contributed by atoms with Crippen molar-refractivity contribution >= 4 is 29.1 Å². The highest BCUT2D eigenvalue weighted by Gasteiger charge is 2.21. The van der Waals surface area contributed by atoms with E-state index >= 15 is 0 Å². The first kappa shape index (κ1) is 19.5. The van der Waals surface area contributed by atoms with Crippen LogP contribution in [0.15, 0.2) is 48.5 Å². The maximum Gasteiger partial charge on any atom is 0.253 e. The fourth-order valence-corrected chi connectivity index (χ4v) is 2.68. The van der Waals surface area contributed by atoms with E-state index in [0.29, 0.717) is 23.1 Å². The molecule has 0 aliphatic carbocycles. The molecule has 1 atom stereocenters. The van der Waals surface area contributed by atoms with E-state index in [9.17, 15) is 9.59 Å². The summed E-state index contributed by atoms with van der Waals surface area (Å²) in [5, 5.41) is 18.1. The quantitative estimate of drug-likeness (QED) is 0.664. The highest BCUT2D eigenvalue weighted by Crippen LogP contribution is 2.22. The summed E-state index contributed by atoms with van der Waals surface area (Å²) in [5.74, 6) is -0.280. The van der Waals surface area contributed by atoms with Crippen molar-refractivity contribution in [1.29, 1.82) is 0 Å². The number of rotatable bonds is 6. The molecule has 3 rings (SSSR count). The molecule has 1 heterocycles. The molecule has 0 aliphatic heterocycles. The Morgan fingerprint density at radius 3 is 2.64 bits per heavy atom. The molecule has 0 fully saturated rings. The van der Waals surface area contributed by atoms with Crippen LogP contribution in [0.3, 0.4) is 0 Å². The molecule has 3 aromatic rings. The minimum absolute atomic E-state index is 0.284. The van der Waals surface area contributed by atoms with Crippen LogP contribution in [0.25, 0.3) is 11.4 Å². The molecule has 9 heteroatoms. The summed E-state index contributed by atoms with van der Waals surface area (Å²) < 4.78 is 0. The van der Waals surface area contributed by atoms with Crippen LogP contribution in [0.2, 0.25) is 5.02 Å². The molecule has 0 saturated carbocycles. The lowest BCUT2D eigenvalue weighted by Gasteiger charge is -2.14. The second kappa shape index (κ2) is 8.62. The monoisotopic (exact) mass is 398 g/mol. The normalized spacial score (nSPS) is 11.7. The van der Waals surface area contributed by atoms with Crippen LogP contribution in [-0.4, -0.2) is 38.6 Å². The Labute approximate surface area is 166 Å². The van der Waals surface area contributed by atoms with Crippen LogP contribution in [0.1, 0.15) is 30.2 Å². The molecule has 0 spiro atoms. The maximum absolute atomic E-state index is 12.7. The van der Waals surface area contributed by atoms with Gasteiger partial charge in [-0.05, 0) is 37.3 Å². The topological polar surface area (TPSA) is 102 Å². The first-order chi connectivity index (χ1) is 13.5. The second-order valence-electron chi connectivity index (χ2n) is 6.01. The standard InChI is InChI=1S/C19H19ClN6O2/c1-3-21-19(28)15-11-14(20)9-10-16(15)22-18(27)12(2)26-24-17(23-25-26)13-7-5-4-6-8-13/h4-12H,3H2,1-2H3,(H,21,28)(H,22,27). The van der Waals surface area contributed by atoms with E-state index in [4.69, 9.17) is 11.6 Å². The van der Waals surface area contributed by atoms with E-state index in [2.05, 4.69) is 26.0 Å². The molecule has 1 unspecified atom stereocenters. The summed E-state index contributed by atoms with van der Waals surface area (Å²) in [6.45, 7) is 3.91. The SMILES string of the molecule is CCNC(=O)c1cc(Cl)ccc1NC(=O)C(C)n1nnc(-c2ccccc2)n1. The Bertz CT molecular complexity index is 989. The summed E-state index contributed by atoms with van der Waals surface area (Å²) in [6.07, 6.45) is 0. The van der Waals surface area contributed by atoms with Gasteiger partial charge in [-0.3, -0.25) is 9.59 Å². The molecule has 1 aromatic heterocycles. The van der Waals surface area contributed by atoms with Gasteiger partial charge in [-0.1, -0.05) is 41.9 Å². The van der Waals surface area contributed by atoms with Gasteiger partial charge in [0.05, 0.1) is 11.3 Å². The highest BCUT2D eigenvalue weighted by atomic mass is 35.5. The minimum Gasteiger partial charge on any atom is -0.352 e. The number of hydrogen-bond acceptors (Lipinski definition) is 5. The summed E-state index contributed by atoms with van der Waals surface area (Å²) in [4.78, 5) is 26.1. The molecule has 0 aliphatic rings. The molecule has 144 valence electrons. The lowest BCUT2D eigenvalue weighted by molar-refractivity contribution is -0.119. The summed E-state index contributed by atoms with van der Waals surface area (Å²) >= 11 is 5.99. The van der Waals surface area contributed by atoms with Crippen molar-refractivity contribution in [1.82, 2.24) is 25.5 Å². The van der Waals surface area contributed by atoms with Gasteiger partial charge in [0.25, 0.3) is 11.8 Å². The Kier molecular flexibility index (Phi) is 6.00. The van der Waals surface area contributed by atoms with Crippen molar-refractivity contribution in [2.24, 2.45) is 0 Å². The van der Waals surface area contributed by atoms with Crippen LogP contribution in [0.4, 0.5) is 5.69 Å². The molecule has 8 nitrogen and oxygen atoms in total. The third kappa shape index (κ3) is 4.34. The van der Waals surface area contributed by atoms with Gasteiger partial charge in [-0.25, -0.2) is 0 Å². The molecule has 2 amide bonds. The first-order valence-electron chi connectivity index (χ1n) is 8.73. The van der Waals surface area contributed by atoms with Crippen molar-refractivity contribution in [3.8, 4) is 11.4 Å². The number of carbonyl (C=O) groups is 2. The summed E-state index contributed by atoms with van der Waals surface area (Å²) in [7, 11) is 0. The number of anilines is 1. The van der Waals surface area contributed by atoms with Gasteiger partial charge in [0.2, 0.25) is 5.82 Å². The first-order valence-corrected chi connectivity index (χ1v) is 9.11. The number of carbonyl (C=O) groups excluding carboxylic acids is 2. The van der Waals surface area contributed by atoms with E-state index < -0.39 is 6.04 Å². The van der Waals surface area contributed by atoms with Crippen LogP contribution in [0, 0.1) is 0 Å². The van der Waals surface area contributed by atoms with Gasteiger partial charge in [-0.2, -0.15) is 4.80 Å². The molecule has 28 heavy (non-hydrogen) atoms. The van der Waals surface area contributed by atoms with E-state index in [1.54, 1.807) is 19.1 Å². The molecular formula is C19H19ClN6O2. The second-order valence-corrected chi connectivity index (χ2v) is 6.45. The van der Waals surface area contributed by atoms with Gasteiger partial charge >= 0.3 is 0 Å². The van der Waals surface area contributed by atoms with Gasteiger partial charge in [0, 0.05) is 17.1 Å². The largest absolute Gasteiger partial charge is 0.352 e. The molecule has 0 bridgehead atoms. The predicted octanol–water partition coefficient (Wildman–Crippen LogP) is 2.94. The van der Waals surface area contributed by atoms with Crippen LogP contribution in [-0.2, 0) is 4.79 Å². The number of nitrogens with one attached hydrogen (secondary N) is 2. The van der Waals surface area contributed by atoms with E-state index in [1.807, 2.05) is 37.3 Å². The fraction of sp³-hybridized carbons (Fsp3) is 0.211. The van der Waals surface area contributed by atoms with Gasteiger partial charge < -0.3 is 10.6 Å². The third-order valence-corrected chi connectivity index (χ3v) is 4.24. The Morgan fingerprint density at radius 2 is 1.93 bits per heavy atom. The number of nitrogens with zero attached hydrogens (tertiary/aromatic N) is 4. The van der Waals surface area contributed by atoms with Crippen molar-refractivity contribution < 1.29 is 9.59 Å². The third-order valence-electron chi connectivity index (χ3n) is 4.01. The molecule has 0 radical (unpaired) electrons. The van der Waals surface area contributed by atoms with Gasteiger partial charge in [0.15, 0.2) is 0 Å². The van der Waals surface area contributed by atoms with E-state index in [-0.39, 0.29) is 17.4 Å². The Hall–Kier alpha value is -3.26. The number of benzene rings is 2. The maximum atomic E-state index is 12.7. The average molecular weight is 399 g/mol. The smallest absolute Gasteiger partial charge is 0.253 e. The zero-order valence-corrected chi connectivity index (χ0v) is 16.1. The average Bonchev–Trinajstić information content (AvgIpc) is 3.19. The fourth-order valence-electron chi connectivity index (χ4n) is 2.50. The molecule has 0 saturated heterocycles. The Morgan fingerprint density at radius 1 is 1.18 bits per heavy atom. The van der Waals surface area contributed by atoms with Crippen LogP contribution in [0.5, 0.6) is 0 Å². The van der Waals surface area contributed by atoms with E-state index in [1.165, 1.54) is 10.9 Å². The lowest BCUT2D eigenvalue weighted by Crippen LogP contribution is -2.28. The van der Waals surface area contributed by atoms with Crippen molar-refractivity contribution in [2.45, 2.75) is 19.9 Å². The van der Waals surface area contributed by atoms with E-state index in [0.717, 1.165) is 5.56 Å². The predicted molar refractivity (Wildman–Crippen MR) is 106 cm³/mol. The number of halogens is 1. The molecule has 2 N–H and O–H groups in total. The molecular weight excluding hydrogens is 380 g/mol. The van der Waals surface area contributed by atoms with Gasteiger partial charge in [0.1, 0.15) is 6.04 Å². The number of aromatic nitrogens is 4. The van der Waals surface area contributed by atoms with Gasteiger partial charge in [-0.15, -0.1) is 10.2 Å². The lowest BCUT2D eigenvalue weighted by atomic mass is 10.1. The Balaban J connectivity index is 1.78. The zero-order chi connectivity index (χ0) is 20.1. The van der Waals surface area contributed by atoms with Crippen LogP contribution < -0.4 is 10.6 Å². The number of tetrazole rings is 1.